The van der Waals surface area contributed by atoms with Crippen LogP contribution in [-0.4, -0.2) is 4.57 Å². The SMILES string of the molecule is Cn1c[c]c2cc(Br)c(Br)cc21. The van der Waals surface area contributed by atoms with Crippen LogP contribution in [0.4, 0.5) is 0 Å². The molecule has 3 heteroatoms. The van der Waals surface area contributed by atoms with Crippen LogP contribution in [0.15, 0.2) is 27.3 Å². The summed E-state index contributed by atoms with van der Waals surface area (Å²) in [5.74, 6) is 0. The molecular weight excluding hydrogens is 282 g/mol. The van der Waals surface area contributed by atoms with E-state index in [1.807, 2.05) is 17.8 Å². The molecule has 0 spiro atoms. The monoisotopic (exact) mass is 286 g/mol. The Hall–Kier alpha value is -0.280. The molecule has 0 aliphatic heterocycles. The molecule has 61 valence electrons. The number of hydrogen-bond donors (Lipinski definition) is 0. The molecule has 0 amide bonds. The minimum atomic E-state index is 1.07. The summed E-state index contributed by atoms with van der Waals surface area (Å²) in [6.45, 7) is 0. The maximum atomic E-state index is 3.46. The molecule has 1 nitrogen and oxygen atoms in total. The van der Waals surface area contributed by atoms with Gasteiger partial charge in [-0.2, -0.15) is 0 Å². The van der Waals surface area contributed by atoms with E-state index in [2.05, 4.69) is 50.1 Å². The number of halogens is 2. The second-order valence-corrected chi connectivity index (χ2v) is 4.38. The number of aryl methyl sites for hydroxylation is 1. The van der Waals surface area contributed by atoms with E-state index >= 15 is 0 Å². The summed E-state index contributed by atoms with van der Waals surface area (Å²) in [6, 6.07) is 7.30. The average molecular weight is 288 g/mol. The van der Waals surface area contributed by atoms with Crippen molar-refractivity contribution in [3.63, 3.8) is 0 Å². The van der Waals surface area contributed by atoms with Gasteiger partial charge in [0, 0.05) is 39.2 Å². The van der Waals surface area contributed by atoms with Crippen LogP contribution in [0.25, 0.3) is 10.9 Å². The quantitative estimate of drug-likeness (QED) is 0.699. The summed E-state index contributed by atoms with van der Waals surface area (Å²) in [7, 11) is 2.01. The fraction of sp³-hybridized carbons (Fsp3) is 0.111. The molecule has 2 rings (SSSR count). The standard InChI is InChI=1S/C9H6Br2N/c1-12-3-2-6-4-7(10)8(11)5-9(6)12/h3-5H,1H3. The normalized spacial score (nSPS) is 10.9. The largest absolute Gasteiger partial charge is 0.350 e. The molecular formula is C9H6Br2N. The summed E-state index contributed by atoms with van der Waals surface area (Å²) in [4.78, 5) is 0. The van der Waals surface area contributed by atoms with Gasteiger partial charge in [-0.25, -0.2) is 0 Å². The lowest BCUT2D eigenvalue weighted by Gasteiger charge is -1.98. The van der Waals surface area contributed by atoms with Crippen LogP contribution in [0.5, 0.6) is 0 Å². The van der Waals surface area contributed by atoms with Crippen molar-refractivity contribution in [2.45, 2.75) is 0 Å². The van der Waals surface area contributed by atoms with Crippen LogP contribution < -0.4 is 0 Å². The number of fused-ring (bicyclic) bond motifs is 1. The third-order valence-electron chi connectivity index (χ3n) is 1.83. The second kappa shape index (κ2) is 2.89. The van der Waals surface area contributed by atoms with Gasteiger partial charge in [-0.1, -0.05) is 0 Å². The van der Waals surface area contributed by atoms with Gasteiger partial charge in [-0.05, 0) is 44.0 Å². The molecule has 1 aromatic heterocycles. The molecule has 0 saturated heterocycles. The van der Waals surface area contributed by atoms with Crippen molar-refractivity contribution in [2.75, 3.05) is 0 Å². The first kappa shape index (κ1) is 8.32. The van der Waals surface area contributed by atoms with Crippen molar-refractivity contribution in [1.82, 2.24) is 4.57 Å². The molecule has 0 bridgehead atoms. The van der Waals surface area contributed by atoms with Crippen LogP contribution in [0.2, 0.25) is 0 Å². The van der Waals surface area contributed by atoms with Crippen molar-refractivity contribution in [3.05, 3.63) is 33.3 Å². The van der Waals surface area contributed by atoms with E-state index in [0.717, 1.165) is 14.3 Å². The zero-order valence-corrected chi connectivity index (χ0v) is 9.61. The molecule has 0 aliphatic carbocycles. The topological polar surface area (TPSA) is 4.93 Å². The van der Waals surface area contributed by atoms with Crippen LogP contribution >= 0.6 is 31.9 Å². The number of benzene rings is 1. The van der Waals surface area contributed by atoms with Crippen molar-refractivity contribution >= 4 is 42.8 Å². The summed E-state index contributed by atoms with van der Waals surface area (Å²) in [5.41, 5.74) is 1.19. The van der Waals surface area contributed by atoms with E-state index in [1.54, 1.807) is 0 Å². The van der Waals surface area contributed by atoms with E-state index in [0.29, 0.717) is 0 Å². The first-order valence-corrected chi connectivity index (χ1v) is 5.09. The van der Waals surface area contributed by atoms with Crippen LogP contribution in [0, 0.1) is 6.07 Å². The summed E-state index contributed by atoms with van der Waals surface area (Å²) < 4.78 is 4.19. The highest BCUT2D eigenvalue weighted by atomic mass is 79.9. The van der Waals surface area contributed by atoms with Gasteiger partial charge in [0.1, 0.15) is 0 Å². The predicted octanol–water partition coefficient (Wildman–Crippen LogP) is 3.50. The zero-order valence-electron chi connectivity index (χ0n) is 6.44. The Morgan fingerprint density at radius 2 is 1.92 bits per heavy atom. The Bertz CT molecular complexity index is 431. The summed E-state index contributed by atoms with van der Waals surface area (Å²) in [5, 5.41) is 1.13. The Morgan fingerprint density at radius 3 is 2.67 bits per heavy atom. The lowest BCUT2D eigenvalue weighted by Crippen LogP contribution is -1.83. The van der Waals surface area contributed by atoms with Crippen molar-refractivity contribution < 1.29 is 0 Å². The molecule has 1 aromatic carbocycles. The average Bonchev–Trinajstić information content (AvgIpc) is 2.35. The van der Waals surface area contributed by atoms with E-state index in [1.165, 1.54) is 5.52 Å². The van der Waals surface area contributed by atoms with Crippen LogP contribution in [0.1, 0.15) is 0 Å². The Morgan fingerprint density at radius 1 is 1.25 bits per heavy atom. The molecule has 0 unspecified atom stereocenters. The summed E-state index contributed by atoms with van der Waals surface area (Å²) >= 11 is 6.91. The molecule has 2 aromatic rings. The lowest BCUT2D eigenvalue weighted by molar-refractivity contribution is 0.968. The van der Waals surface area contributed by atoms with Gasteiger partial charge in [-0.3, -0.25) is 0 Å². The Labute approximate surface area is 87.6 Å². The van der Waals surface area contributed by atoms with Crippen molar-refractivity contribution in [3.8, 4) is 0 Å². The van der Waals surface area contributed by atoms with Gasteiger partial charge in [0.15, 0.2) is 0 Å². The maximum Gasteiger partial charge on any atom is 0.0496 e. The highest BCUT2D eigenvalue weighted by Crippen LogP contribution is 2.28. The molecule has 1 heterocycles. The molecule has 1 radical (unpaired) electrons. The Kier molecular flexibility index (Phi) is 2.00. The first-order valence-electron chi connectivity index (χ1n) is 3.50. The van der Waals surface area contributed by atoms with E-state index in [9.17, 15) is 0 Å². The van der Waals surface area contributed by atoms with Crippen LogP contribution in [-0.2, 0) is 7.05 Å². The minimum absolute atomic E-state index is 1.07. The molecule has 0 fully saturated rings. The smallest absolute Gasteiger partial charge is 0.0496 e. The molecule has 12 heavy (non-hydrogen) atoms. The predicted molar refractivity (Wildman–Crippen MR) is 57.2 cm³/mol. The lowest BCUT2D eigenvalue weighted by atomic mass is 10.2. The number of aromatic nitrogens is 1. The maximum absolute atomic E-state index is 3.46. The third-order valence-corrected chi connectivity index (χ3v) is 3.68. The van der Waals surface area contributed by atoms with Crippen molar-refractivity contribution in [1.29, 1.82) is 0 Å². The molecule has 0 atom stereocenters. The zero-order chi connectivity index (χ0) is 8.72. The van der Waals surface area contributed by atoms with Crippen molar-refractivity contribution in [2.24, 2.45) is 7.05 Å². The van der Waals surface area contributed by atoms with E-state index < -0.39 is 0 Å². The highest BCUT2D eigenvalue weighted by molar-refractivity contribution is 9.13. The highest BCUT2D eigenvalue weighted by Gasteiger charge is 2.02. The number of hydrogen-bond acceptors (Lipinski definition) is 0. The van der Waals surface area contributed by atoms with Gasteiger partial charge >= 0.3 is 0 Å². The summed E-state index contributed by atoms with van der Waals surface area (Å²) in [6.07, 6.45) is 1.93. The van der Waals surface area contributed by atoms with Gasteiger partial charge in [0.25, 0.3) is 0 Å². The minimum Gasteiger partial charge on any atom is -0.350 e. The van der Waals surface area contributed by atoms with Gasteiger partial charge in [-0.15, -0.1) is 0 Å². The molecule has 0 aliphatic rings. The van der Waals surface area contributed by atoms with Gasteiger partial charge < -0.3 is 4.57 Å². The Balaban J connectivity index is 2.87. The third kappa shape index (κ3) is 1.21. The van der Waals surface area contributed by atoms with E-state index in [4.69, 9.17) is 0 Å². The fourth-order valence-corrected chi connectivity index (χ4v) is 1.85. The first-order chi connectivity index (χ1) is 5.68. The van der Waals surface area contributed by atoms with E-state index in [-0.39, 0.29) is 0 Å². The second-order valence-electron chi connectivity index (χ2n) is 2.67. The number of rotatable bonds is 0. The molecule has 0 N–H and O–H groups in total. The van der Waals surface area contributed by atoms with Crippen LogP contribution in [0.3, 0.4) is 0 Å². The fourth-order valence-electron chi connectivity index (χ4n) is 1.18. The molecule has 0 saturated carbocycles. The number of nitrogens with zero attached hydrogens (tertiary/aromatic N) is 1. The van der Waals surface area contributed by atoms with Gasteiger partial charge in [0.2, 0.25) is 0 Å². The van der Waals surface area contributed by atoms with Gasteiger partial charge in [0.05, 0.1) is 0 Å².